The zero-order chi connectivity index (χ0) is 51.7. The van der Waals surface area contributed by atoms with Crippen molar-refractivity contribution < 1.29 is 57.7 Å². The molecular formula is C45H81N11O12. The van der Waals surface area contributed by atoms with Gasteiger partial charge in [0.15, 0.2) is 5.96 Å². The summed E-state index contributed by atoms with van der Waals surface area (Å²) in [7, 11) is 0. The highest BCUT2D eigenvalue weighted by Gasteiger charge is 2.39. The quantitative estimate of drug-likeness (QED) is 0.0240. The molecule has 68 heavy (non-hydrogen) atoms. The number of ether oxygens (including phenoxy) is 2. The molecule has 1 rings (SSSR count). The maximum Gasteiger partial charge on any atom is 0.328 e. The molecule has 1 fully saturated rings. The number of esters is 2. The predicted octanol–water partition coefficient (Wildman–Crippen LogP) is -0.968. The van der Waals surface area contributed by atoms with Crippen molar-refractivity contribution in [3.8, 4) is 0 Å². The average Bonchev–Trinajstić information content (AvgIpc) is 3.24. The van der Waals surface area contributed by atoms with Crippen molar-refractivity contribution in [3.05, 3.63) is 0 Å². The molecule has 0 aromatic carbocycles. The van der Waals surface area contributed by atoms with E-state index < -0.39 is 132 Å². The number of cyclic esters (lactones) is 1. The highest BCUT2D eigenvalue weighted by molar-refractivity contribution is 5.98. The number of nitrogens with one attached hydrogen (secondary N) is 6. The fourth-order valence-electron chi connectivity index (χ4n) is 7.16. The fourth-order valence-corrected chi connectivity index (χ4v) is 7.16. The molecule has 0 bridgehead atoms. The minimum atomic E-state index is -1.70. The van der Waals surface area contributed by atoms with E-state index in [1.165, 1.54) is 27.7 Å². The van der Waals surface area contributed by atoms with E-state index in [2.05, 4.69) is 36.9 Å². The number of primary amides is 1. The van der Waals surface area contributed by atoms with Crippen molar-refractivity contribution >= 4 is 59.2 Å². The van der Waals surface area contributed by atoms with Crippen molar-refractivity contribution in [2.75, 3.05) is 6.54 Å². The summed E-state index contributed by atoms with van der Waals surface area (Å²) >= 11 is 0. The molecule has 0 radical (unpaired) electrons. The van der Waals surface area contributed by atoms with Gasteiger partial charge in [-0.3, -0.25) is 43.3 Å². The van der Waals surface area contributed by atoms with Crippen LogP contribution in [-0.4, -0.2) is 132 Å². The van der Waals surface area contributed by atoms with E-state index in [9.17, 15) is 48.3 Å². The van der Waals surface area contributed by atoms with Crippen molar-refractivity contribution in [1.29, 1.82) is 0 Å². The predicted molar refractivity (Wildman–Crippen MR) is 252 cm³/mol. The molecule has 0 saturated carbocycles. The molecule has 0 aromatic heterocycles. The summed E-state index contributed by atoms with van der Waals surface area (Å²) in [5, 5.41) is 25.8. The molecule has 1 saturated heterocycles. The smallest absolute Gasteiger partial charge is 0.328 e. The third-order valence-corrected chi connectivity index (χ3v) is 11.3. The lowest BCUT2D eigenvalue weighted by molar-refractivity contribution is -0.156. The second-order valence-electron chi connectivity index (χ2n) is 18.3. The number of unbranched alkanes of at least 4 members (excludes halogenated alkanes) is 9. The van der Waals surface area contributed by atoms with E-state index >= 15 is 0 Å². The first kappa shape index (κ1) is 60.4. The van der Waals surface area contributed by atoms with Gasteiger partial charge in [0, 0.05) is 13.0 Å². The molecule has 1 aliphatic heterocycles. The molecule has 10 atom stereocenters. The van der Waals surface area contributed by atoms with Gasteiger partial charge in [-0.15, -0.1) is 0 Å². The maximum atomic E-state index is 14.1. The Hall–Kier alpha value is -5.58. The lowest BCUT2D eigenvalue weighted by atomic mass is 9.98. The van der Waals surface area contributed by atoms with Gasteiger partial charge in [-0.2, -0.15) is 0 Å². The van der Waals surface area contributed by atoms with Gasteiger partial charge in [0.1, 0.15) is 54.5 Å². The number of amides is 7. The lowest BCUT2D eigenvalue weighted by Gasteiger charge is -2.31. The van der Waals surface area contributed by atoms with Crippen LogP contribution in [0.25, 0.3) is 0 Å². The van der Waals surface area contributed by atoms with Crippen LogP contribution in [0, 0.1) is 11.8 Å². The molecule has 7 amide bonds. The van der Waals surface area contributed by atoms with E-state index in [1.54, 1.807) is 27.7 Å². The molecule has 0 aromatic rings. The Morgan fingerprint density at radius 3 is 1.68 bits per heavy atom. The van der Waals surface area contributed by atoms with Crippen LogP contribution in [-0.2, 0) is 52.6 Å². The normalized spacial score (nSPS) is 23.7. The van der Waals surface area contributed by atoms with Gasteiger partial charge in [-0.25, -0.2) is 4.79 Å². The first-order chi connectivity index (χ1) is 31.8. The lowest BCUT2D eigenvalue weighted by Crippen LogP contribution is -2.63. The van der Waals surface area contributed by atoms with Gasteiger partial charge in [-0.1, -0.05) is 85.5 Å². The number of rotatable bonds is 24. The fraction of sp³-hybridized carbons (Fsp3) is 0.778. The number of aliphatic imine (C=N–C) groups is 1. The van der Waals surface area contributed by atoms with E-state index in [4.69, 9.17) is 32.4 Å². The topological polar surface area (TPSA) is 381 Å². The molecule has 10 unspecified atom stereocenters. The molecule has 0 spiro atoms. The number of nitrogens with zero attached hydrogens (tertiary/aromatic N) is 1. The number of carbonyl (C=O) groups excluding carboxylic acids is 9. The SMILES string of the molecule is CC(N)C(=O)OC(C)C1NC(=O)C(C(C)C)NC(=O)C(C(C)C)NC(=O)C(NC(=O)CC(O)CCCCCCCCCCCCN=C(N)N)C(C)OC(=O)C(C)NC(=O)C(CCC(N)=O)NC1=O. The van der Waals surface area contributed by atoms with Gasteiger partial charge in [-0.05, 0) is 58.8 Å². The molecule has 388 valence electrons. The third kappa shape index (κ3) is 23.4. The number of carbonyl (C=O) groups is 9. The molecule has 15 N–H and O–H groups in total. The van der Waals surface area contributed by atoms with Gasteiger partial charge >= 0.3 is 11.9 Å². The van der Waals surface area contributed by atoms with Crippen LogP contribution >= 0.6 is 0 Å². The average molecular weight is 968 g/mol. The minimum absolute atomic E-state index is 0.108. The second-order valence-corrected chi connectivity index (χ2v) is 18.3. The Balaban J connectivity index is 3.35. The molecular weight excluding hydrogens is 887 g/mol. The van der Waals surface area contributed by atoms with Crippen LogP contribution in [0.3, 0.4) is 0 Å². The number of aliphatic hydroxyl groups is 1. The third-order valence-electron chi connectivity index (χ3n) is 11.3. The Morgan fingerprint density at radius 2 is 1.18 bits per heavy atom. The molecule has 1 aliphatic rings. The monoisotopic (exact) mass is 968 g/mol. The van der Waals surface area contributed by atoms with Crippen molar-refractivity contribution in [2.24, 2.45) is 39.8 Å². The van der Waals surface area contributed by atoms with Crippen LogP contribution < -0.4 is 54.8 Å². The second kappa shape index (κ2) is 31.5. The van der Waals surface area contributed by atoms with Gasteiger partial charge in [0.2, 0.25) is 41.4 Å². The number of nitrogens with two attached hydrogens (primary N) is 4. The minimum Gasteiger partial charge on any atom is -0.459 e. The van der Waals surface area contributed by atoms with Gasteiger partial charge < -0.3 is 69.4 Å². The summed E-state index contributed by atoms with van der Waals surface area (Å²) in [6, 6.07) is -10.1. The summed E-state index contributed by atoms with van der Waals surface area (Å²) in [5.41, 5.74) is 21.7. The number of aliphatic hydroxyl groups excluding tert-OH is 1. The largest absolute Gasteiger partial charge is 0.459 e. The van der Waals surface area contributed by atoms with E-state index in [0.29, 0.717) is 19.4 Å². The molecule has 1 heterocycles. The zero-order valence-electron chi connectivity index (χ0n) is 41.2. The first-order valence-corrected chi connectivity index (χ1v) is 23.9. The van der Waals surface area contributed by atoms with E-state index in [0.717, 1.165) is 57.8 Å². The summed E-state index contributed by atoms with van der Waals surface area (Å²) in [6.07, 6.45) is 5.27. The van der Waals surface area contributed by atoms with Crippen molar-refractivity contribution in [2.45, 2.75) is 206 Å². The summed E-state index contributed by atoms with van der Waals surface area (Å²) < 4.78 is 10.9. The number of hydrogen-bond donors (Lipinski definition) is 11. The summed E-state index contributed by atoms with van der Waals surface area (Å²) in [6.45, 7) is 12.3. The van der Waals surface area contributed by atoms with Crippen molar-refractivity contribution in [3.63, 3.8) is 0 Å². The molecule has 0 aliphatic carbocycles. The van der Waals surface area contributed by atoms with Crippen molar-refractivity contribution in [1.82, 2.24) is 31.9 Å². The highest BCUT2D eigenvalue weighted by atomic mass is 16.6. The summed E-state index contributed by atoms with van der Waals surface area (Å²) in [5.74, 6) is -9.43. The Kier molecular flexibility index (Phi) is 28.0. The first-order valence-electron chi connectivity index (χ1n) is 23.9. The molecule has 23 heteroatoms. The van der Waals surface area contributed by atoms with E-state index in [-0.39, 0.29) is 18.8 Å². The summed E-state index contributed by atoms with van der Waals surface area (Å²) in [4.78, 5) is 125. The Morgan fingerprint density at radius 1 is 0.691 bits per heavy atom. The van der Waals surface area contributed by atoms with Crippen LogP contribution in [0.15, 0.2) is 4.99 Å². The zero-order valence-corrected chi connectivity index (χ0v) is 41.2. The standard InChI is InChI=1S/C45H81N11O12/c1-24(2)34-39(61)54-35(25(3)4)40(62)56-37(29(8)67-43(65)26(5)46)41(63)52-31(20-21-32(47)58)38(60)51-27(6)44(66)68-28(7)36(42(64)55-34)53-33(59)23-30(57)19-17-15-13-11-9-10-12-14-16-18-22-50-45(48)49/h24-31,34-37,57H,9-23,46H2,1-8H3,(H2,47,58)(H,51,60)(H,52,63)(H,53,59)(H,54,61)(H,55,64)(H,56,62)(H4,48,49,50). The van der Waals surface area contributed by atoms with Crippen LogP contribution in [0.5, 0.6) is 0 Å². The number of guanidine groups is 1. The van der Waals surface area contributed by atoms with Gasteiger partial charge in [0.05, 0.1) is 12.5 Å². The Bertz CT molecular complexity index is 1710. The van der Waals surface area contributed by atoms with Gasteiger partial charge in [0.25, 0.3) is 0 Å². The highest BCUT2D eigenvalue weighted by Crippen LogP contribution is 2.15. The van der Waals surface area contributed by atoms with Crippen LogP contribution in [0.4, 0.5) is 0 Å². The Labute approximate surface area is 400 Å². The van der Waals surface area contributed by atoms with Crippen LogP contribution in [0.1, 0.15) is 145 Å². The van der Waals surface area contributed by atoms with Crippen LogP contribution in [0.2, 0.25) is 0 Å². The van der Waals surface area contributed by atoms with E-state index in [1.807, 2.05) is 0 Å². The molecule has 23 nitrogen and oxygen atoms in total. The number of hydrogen-bond acceptors (Lipinski definition) is 14. The maximum absolute atomic E-state index is 14.1.